The van der Waals surface area contributed by atoms with Crippen molar-refractivity contribution in [2.24, 2.45) is 17.3 Å². The molecule has 0 heterocycles. The zero-order valence-electron chi connectivity index (χ0n) is 11.9. The van der Waals surface area contributed by atoms with Crippen LogP contribution in [0.15, 0.2) is 24.3 Å². The van der Waals surface area contributed by atoms with Crippen LogP contribution in [0.25, 0.3) is 0 Å². The average Bonchev–Trinajstić information content (AvgIpc) is 2.25. The van der Waals surface area contributed by atoms with Crippen LogP contribution in [-0.2, 0) is 0 Å². The smallest absolute Gasteiger partial charge is 0.0573 e. The van der Waals surface area contributed by atoms with Gasteiger partial charge >= 0.3 is 0 Å². The molecule has 2 nitrogen and oxygen atoms in total. The molecule has 0 aromatic heterocycles. The second kappa shape index (κ2) is 5.21. The van der Waals surface area contributed by atoms with Crippen molar-refractivity contribution < 1.29 is 0 Å². The molecule has 0 saturated heterocycles. The van der Waals surface area contributed by atoms with Crippen LogP contribution >= 0.6 is 0 Å². The number of anilines is 2. The largest absolute Gasteiger partial charge is 0.397 e. The Balaban J connectivity index is 1.92. The van der Waals surface area contributed by atoms with Crippen molar-refractivity contribution in [1.82, 2.24) is 0 Å². The van der Waals surface area contributed by atoms with E-state index in [1.54, 1.807) is 0 Å². The van der Waals surface area contributed by atoms with Crippen molar-refractivity contribution in [2.75, 3.05) is 17.6 Å². The van der Waals surface area contributed by atoms with Gasteiger partial charge in [0.25, 0.3) is 0 Å². The Kier molecular flexibility index (Phi) is 3.84. The Labute approximate surface area is 111 Å². The van der Waals surface area contributed by atoms with Crippen molar-refractivity contribution in [1.29, 1.82) is 0 Å². The molecule has 0 radical (unpaired) electrons. The van der Waals surface area contributed by atoms with Gasteiger partial charge in [-0.2, -0.15) is 0 Å². The number of nitrogens with one attached hydrogen (secondary N) is 1. The zero-order chi connectivity index (χ0) is 13.2. The zero-order valence-corrected chi connectivity index (χ0v) is 11.9. The van der Waals surface area contributed by atoms with Crippen molar-refractivity contribution >= 4 is 11.4 Å². The van der Waals surface area contributed by atoms with Crippen molar-refractivity contribution in [3.8, 4) is 0 Å². The molecule has 2 heteroatoms. The van der Waals surface area contributed by atoms with Crippen LogP contribution in [0.5, 0.6) is 0 Å². The molecular formula is C16H26N2. The summed E-state index contributed by atoms with van der Waals surface area (Å²) in [6.07, 6.45) is 4.01. The molecule has 1 aliphatic rings. The third-order valence-electron chi connectivity index (χ3n) is 4.02. The monoisotopic (exact) mass is 246 g/mol. The first-order chi connectivity index (χ1) is 8.46. The molecule has 1 aromatic carbocycles. The summed E-state index contributed by atoms with van der Waals surface area (Å²) in [4.78, 5) is 0. The first-order valence-corrected chi connectivity index (χ1v) is 7.05. The third-order valence-corrected chi connectivity index (χ3v) is 4.02. The maximum atomic E-state index is 5.95. The summed E-state index contributed by atoms with van der Waals surface area (Å²) >= 11 is 0. The summed E-state index contributed by atoms with van der Waals surface area (Å²) in [7, 11) is 0. The lowest BCUT2D eigenvalue weighted by Gasteiger charge is -2.39. The van der Waals surface area contributed by atoms with Gasteiger partial charge in [-0.25, -0.2) is 0 Å². The number of nitrogen functional groups attached to an aromatic ring is 1. The Morgan fingerprint density at radius 2 is 2.00 bits per heavy atom. The summed E-state index contributed by atoms with van der Waals surface area (Å²) < 4.78 is 0. The molecule has 100 valence electrons. The maximum Gasteiger partial charge on any atom is 0.0573 e. The highest BCUT2D eigenvalue weighted by atomic mass is 14.9. The highest BCUT2D eigenvalue weighted by molar-refractivity contribution is 5.65. The fraction of sp³-hybridized carbons (Fsp3) is 0.625. The second-order valence-corrected chi connectivity index (χ2v) is 6.75. The minimum Gasteiger partial charge on any atom is -0.397 e. The van der Waals surface area contributed by atoms with Gasteiger partial charge in [0.15, 0.2) is 0 Å². The van der Waals surface area contributed by atoms with E-state index in [-0.39, 0.29) is 0 Å². The number of hydrogen-bond acceptors (Lipinski definition) is 2. The highest BCUT2D eigenvalue weighted by Crippen LogP contribution is 2.41. The van der Waals surface area contributed by atoms with Gasteiger partial charge in [0, 0.05) is 6.54 Å². The molecule has 1 fully saturated rings. The van der Waals surface area contributed by atoms with Gasteiger partial charge < -0.3 is 11.1 Å². The van der Waals surface area contributed by atoms with E-state index in [1.165, 1.54) is 19.3 Å². The number of benzene rings is 1. The van der Waals surface area contributed by atoms with Crippen LogP contribution in [-0.4, -0.2) is 6.54 Å². The Morgan fingerprint density at radius 3 is 2.67 bits per heavy atom. The van der Waals surface area contributed by atoms with E-state index < -0.39 is 0 Å². The molecule has 1 saturated carbocycles. The second-order valence-electron chi connectivity index (χ2n) is 6.75. The number of hydrogen-bond donors (Lipinski definition) is 2. The predicted octanol–water partition coefficient (Wildman–Crippen LogP) is 4.14. The summed E-state index contributed by atoms with van der Waals surface area (Å²) in [5, 5.41) is 3.52. The molecule has 2 rings (SSSR count). The van der Waals surface area contributed by atoms with Gasteiger partial charge in [-0.1, -0.05) is 32.9 Å². The minimum absolute atomic E-state index is 0.492. The highest BCUT2D eigenvalue weighted by Gasteiger charge is 2.31. The van der Waals surface area contributed by atoms with Gasteiger partial charge in [0.2, 0.25) is 0 Å². The van der Waals surface area contributed by atoms with E-state index in [9.17, 15) is 0 Å². The lowest BCUT2D eigenvalue weighted by molar-refractivity contribution is 0.139. The van der Waals surface area contributed by atoms with Crippen molar-refractivity contribution in [2.45, 2.75) is 40.0 Å². The molecule has 0 spiro atoms. The minimum atomic E-state index is 0.492. The molecule has 18 heavy (non-hydrogen) atoms. The Bertz CT molecular complexity index is 398. The molecule has 2 atom stereocenters. The summed E-state index contributed by atoms with van der Waals surface area (Å²) in [5.41, 5.74) is 8.37. The fourth-order valence-corrected chi connectivity index (χ4v) is 3.61. The van der Waals surface area contributed by atoms with Crippen molar-refractivity contribution in [3.63, 3.8) is 0 Å². The first kappa shape index (κ1) is 13.3. The molecule has 1 aliphatic carbocycles. The molecule has 1 unspecified atom stereocenters. The Morgan fingerprint density at radius 1 is 1.28 bits per heavy atom. The van der Waals surface area contributed by atoms with E-state index in [1.807, 2.05) is 18.2 Å². The summed E-state index contributed by atoms with van der Waals surface area (Å²) in [5.74, 6) is 1.61. The molecule has 0 aliphatic heterocycles. The lowest BCUT2D eigenvalue weighted by atomic mass is 9.68. The summed E-state index contributed by atoms with van der Waals surface area (Å²) in [6.45, 7) is 8.21. The Hall–Kier alpha value is -1.18. The van der Waals surface area contributed by atoms with Crippen LogP contribution in [0.3, 0.4) is 0 Å². The van der Waals surface area contributed by atoms with E-state index >= 15 is 0 Å². The fourth-order valence-electron chi connectivity index (χ4n) is 3.61. The average molecular weight is 246 g/mol. The van der Waals surface area contributed by atoms with Crippen LogP contribution in [0.4, 0.5) is 11.4 Å². The number of rotatable bonds is 3. The molecular weight excluding hydrogens is 220 g/mol. The SMILES string of the molecule is C[C@H]1CC(CNc2ccccc2N)CC(C)(C)C1. The van der Waals surface area contributed by atoms with E-state index in [0.717, 1.165) is 29.8 Å². The predicted molar refractivity (Wildman–Crippen MR) is 79.6 cm³/mol. The quantitative estimate of drug-likeness (QED) is 0.786. The van der Waals surface area contributed by atoms with Gasteiger partial charge in [-0.05, 0) is 48.6 Å². The van der Waals surface area contributed by atoms with E-state index in [0.29, 0.717) is 5.41 Å². The van der Waals surface area contributed by atoms with Gasteiger partial charge in [-0.3, -0.25) is 0 Å². The van der Waals surface area contributed by atoms with E-state index in [4.69, 9.17) is 5.73 Å². The first-order valence-electron chi connectivity index (χ1n) is 7.05. The molecule has 3 N–H and O–H groups in total. The van der Waals surface area contributed by atoms with Gasteiger partial charge in [0.1, 0.15) is 0 Å². The maximum absolute atomic E-state index is 5.95. The molecule has 1 aromatic rings. The normalized spacial score (nSPS) is 26.8. The number of para-hydroxylation sites is 2. The third kappa shape index (κ3) is 3.41. The van der Waals surface area contributed by atoms with Crippen LogP contribution < -0.4 is 11.1 Å². The van der Waals surface area contributed by atoms with Crippen LogP contribution in [0.1, 0.15) is 40.0 Å². The standard InChI is InChI=1S/C16H26N2/c1-12-8-13(10-16(2,3)9-12)11-18-15-7-5-4-6-14(15)17/h4-7,12-13,18H,8-11,17H2,1-3H3/t12-,13?/m0/s1. The van der Waals surface area contributed by atoms with Gasteiger partial charge in [-0.15, -0.1) is 0 Å². The lowest BCUT2D eigenvalue weighted by Crippen LogP contribution is -2.31. The topological polar surface area (TPSA) is 38.0 Å². The summed E-state index contributed by atoms with van der Waals surface area (Å²) in [6, 6.07) is 8.03. The molecule has 0 amide bonds. The van der Waals surface area contributed by atoms with Crippen LogP contribution in [0.2, 0.25) is 0 Å². The van der Waals surface area contributed by atoms with Gasteiger partial charge in [0.05, 0.1) is 11.4 Å². The van der Waals surface area contributed by atoms with E-state index in [2.05, 4.69) is 32.2 Å². The number of nitrogens with two attached hydrogens (primary N) is 1. The van der Waals surface area contributed by atoms with Crippen LogP contribution in [0, 0.1) is 17.3 Å². The molecule has 0 bridgehead atoms. The van der Waals surface area contributed by atoms with Crippen molar-refractivity contribution in [3.05, 3.63) is 24.3 Å².